The summed E-state index contributed by atoms with van der Waals surface area (Å²) in [5, 5.41) is 3.31. The van der Waals surface area contributed by atoms with Crippen LogP contribution in [0.2, 0.25) is 0 Å². The lowest BCUT2D eigenvalue weighted by Crippen LogP contribution is -2.52. The first kappa shape index (κ1) is 26.8. The van der Waals surface area contributed by atoms with Crippen LogP contribution in [0.1, 0.15) is 60.8 Å². The zero-order valence-electron chi connectivity index (χ0n) is 22.7. The molecule has 0 bridgehead atoms. The van der Waals surface area contributed by atoms with Crippen LogP contribution in [0, 0.1) is 6.92 Å². The summed E-state index contributed by atoms with van der Waals surface area (Å²) in [5.41, 5.74) is 4.20. The minimum atomic E-state index is -0.598. The largest absolute Gasteiger partial charge is 0.454 e. The third-order valence-corrected chi connectivity index (χ3v) is 7.72. The molecule has 1 N–H and O–H groups in total. The van der Waals surface area contributed by atoms with Gasteiger partial charge in [-0.15, -0.1) is 0 Å². The molecule has 6 nitrogen and oxygen atoms in total. The smallest absolute Gasteiger partial charge is 0.243 e. The summed E-state index contributed by atoms with van der Waals surface area (Å²) in [4.78, 5) is 29.6. The third kappa shape index (κ3) is 7.20. The van der Waals surface area contributed by atoms with Crippen molar-refractivity contribution >= 4 is 11.8 Å². The van der Waals surface area contributed by atoms with Gasteiger partial charge in [0, 0.05) is 25.4 Å². The number of aryl methyl sites for hydroxylation is 2. The van der Waals surface area contributed by atoms with Crippen molar-refractivity contribution < 1.29 is 19.1 Å². The number of rotatable bonds is 10. The Kier molecular flexibility index (Phi) is 8.82. The monoisotopic (exact) mass is 526 g/mol. The van der Waals surface area contributed by atoms with E-state index in [9.17, 15) is 9.59 Å². The Morgan fingerprint density at radius 2 is 1.64 bits per heavy atom. The lowest BCUT2D eigenvalue weighted by Gasteiger charge is -2.33. The first-order valence-electron chi connectivity index (χ1n) is 14.1. The molecule has 2 amide bonds. The van der Waals surface area contributed by atoms with Crippen LogP contribution < -0.4 is 14.8 Å². The van der Waals surface area contributed by atoms with Gasteiger partial charge in [0.05, 0.1) is 0 Å². The van der Waals surface area contributed by atoms with Gasteiger partial charge in [0.1, 0.15) is 6.04 Å². The van der Waals surface area contributed by atoms with Gasteiger partial charge in [0.2, 0.25) is 18.6 Å². The number of amides is 2. The Morgan fingerprint density at radius 1 is 0.872 bits per heavy atom. The molecule has 0 aromatic heterocycles. The van der Waals surface area contributed by atoms with Crippen LogP contribution in [0.3, 0.4) is 0 Å². The van der Waals surface area contributed by atoms with Crippen molar-refractivity contribution in [1.82, 2.24) is 10.2 Å². The van der Waals surface area contributed by atoms with Gasteiger partial charge in [-0.3, -0.25) is 9.59 Å². The molecule has 0 spiro atoms. The minimum absolute atomic E-state index is 0.0334. The van der Waals surface area contributed by atoms with Crippen LogP contribution in [0.15, 0.2) is 72.8 Å². The van der Waals surface area contributed by atoms with Crippen LogP contribution in [-0.2, 0) is 29.0 Å². The van der Waals surface area contributed by atoms with E-state index in [0.29, 0.717) is 31.6 Å². The Morgan fingerprint density at radius 3 is 2.44 bits per heavy atom. The summed E-state index contributed by atoms with van der Waals surface area (Å²) in [6, 6.07) is 23.6. The van der Waals surface area contributed by atoms with E-state index in [0.717, 1.165) is 53.7 Å². The lowest BCUT2D eigenvalue weighted by atomic mass is 9.94. The van der Waals surface area contributed by atoms with E-state index in [1.165, 1.54) is 6.42 Å². The normalized spacial score (nSPS) is 15.5. The van der Waals surface area contributed by atoms with E-state index < -0.39 is 6.04 Å². The number of nitrogens with zero attached hydrogens (tertiary/aromatic N) is 1. The fourth-order valence-corrected chi connectivity index (χ4v) is 5.60. The average Bonchev–Trinajstić information content (AvgIpc) is 3.43. The summed E-state index contributed by atoms with van der Waals surface area (Å²) < 4.78 is 10.9. The van der Waals surface area contributed by atoms with Gasteiger partial charge in [-0.05, 0) is 55.0 Å². The molecular weight excluding hydrogens is 488 g/mol. The Labute approximate surface area is 231 Å². The molecule has 5 rings (SSSR count). The Balaban J connectivity index is 1.40. The van der Waals surface area contributed by atoms with E-state index in [1.54, 1.807) is 4.90 Å². The average molecular weight is 527 g/mol. The number of fused-ring (bicyclic) bond motifs is 1. The Bertz CT molecular complexity index is 1270. The standard InChI is InChI=1S/C33H38N2O4/c1-24-9-8-12-27(19-24)22-35(32(36)18-16-26-15-17-30-31(21-26)39-23-38-30)29(20-25-10-4-2-5-11-25)33(37)34-28-13-6-3-7-14-28/h2,4-5,8-12,15,17,19,21,28-29H,3,6-7,13-14,16,18,20,22-23H2,1H3,(H,34,37)/t29-/m1/s1. The molecule has 3 aromatic rings. The van der Waals surface area contributed by atoms with Crippen molar-refractivity contribution in [2.75, 3.05) is 6.79 Å². The molecule has 1 fully saturated rings. The number of hydrogen-bond donors (Lipinski definition) is 1. The van der Waals surface area contributed by atoms with E-state index in [-0.39, 0.29) is 24.6 Å². The number of carbonyl (C=O) groups is 2. The molecule has 6 heteroatoms. The first-order valence-corrected chi connectivity index (χ1v) is 14.1. The highest BCUT2D eigenvalue weighted by molar-refractivity contribution is 5.88. The second-order valence-electron chi connectivity index (χ2n) is 10.7. The summed E-state index contributed by atoms with van der Waals surface area (Å²) >= 11 is 0. The summed E-state index contributed by atoms with van der Waals surface area (Å²) in [6.45, 7) is 2.66. The highest BCUT2D eigenvalue weighted by Crippen LogP contribution is 2.33. The molecule has 1 aliphatic carbocycles. The topological polar surface area (TPSA) is 67.9 Å². The summed E-state index contributed by atoms with van der Waals surface area (Å²) in [7, 11) is 0. The van der Waals surface area contributed by atoms with Gasteiger partial charge in [0.25, 0.3) is 0 Å². The van der Waals surface area contributed by atoms with Crippen molar-refractivity contribution in [2.45, 2.75) is 76.9 Å². The molecule has 1 saturated carbocycles. The summed E-state index contributed by atoms with van der Waals surface area (Å²) in [6.07, 6.45) is 6.82. The maximum absolute atomic E-state index is 14.0. The van der Waals surface area contributed by atoms with Gasteiger partial charge < -0.3 is 19.7 Å². The van der Waals surface area contributed by atoms with Gasteiger partial charge in [-0.1, -0.05) is 85.5 Å². The molecule has 2 aliphatic rings. The predicted molar refractivity (Wildman–Crippen MR) is 152 cm³/mol. The number of carbonyl (C=O) groups excluding carboxylic acids is 2. The second kappa shape index (κ2) is 12.8. The predicted octanol–water partition coefficient (Wildman–Crippen LogP) is 5.75. The van der Waals surface area contributed by atoms with E-state index >= 15 is 0 Å². The van der Waals surface area contributed by atoms with Crippen LogP contribution in [0.5, 0.6) is 11.5 Å². The zero-order chi connectivity index (χ0) is 27.0. The molecule has 0 unspecified atom stereocenters. The SMILES string of the molecule is Cc1cccc(CN(C(=O)CCc2ccc3c(c2)OCO3)[C@H](Cc2ccccc2)C(=O)NC2CCCCC2)c1. The minimum Gasteiger partial charge on any atom is -0.454 e. The third-order valence-electron chi connectivity index (χ3n) is 7.72. The van der Waals surface area contributed by atoms with Gasteiger partial charge >= 0.3 is 0 Å². The second-order valence-corrected chi connectivity index (χ2v) is 10.7. The van der Waals surface area contributed by atoms with E-state index in [1.807, 2.05) is 73.7 Å². The lowest BCUT2D eigenvalue weighted by molar-refractivity contribution is -0.141. The van der Waals surface area contributed by atoms with E-state index in [4.69, 9.17) is 9.47 Å². The van der Waals surface area contributed by atoms with Crippen molar-refractivity contribution in [3.8, 4) is 11.5 Å². The number of ether oxygens (including phenoxy) is 2. The van der Waals surface area contributed by atoms with Gasteiger partial charge in [-0.2, -0.15) is 0 Å². The number of benzene rings is 3. The summed E-state index contributed by atoms with van der Waals surface area (Å²) in [5.74, 6) is 1.35. The van der Waals surface area contributed by atoms with Crippen LogP contribution >= 0.6 is 0 Å². The quantitative estimate of drug-likeness (QED) is 0.366. The molecule has 0 saturated heterocycles. The van der Waals surface area contributed by atoms with E-state index in [2.05, 4.69) is 11.4 Å². The number of nitrogens with one attached hydrogen (secondary N) is 1. The van der Waals surface area contributed by atoms with Crippen LogP contribution in [0.25, 0.3) is 0 Å². The highest BCUT2D eigenvalue weighted by Gasteiger charge is 2.32. The molecule has 204 valence electrons. The van der Waals surface area contributed by atoms with Crippen molar-refractivity contribution in [2.24, 2.45) is 0 Å². The van der Waals surface area contributed by atoms with Crippen molar-refractivity contribution in [1.29, 1.82) is 0 Å². The Hall–Kier alpha value is -3.80. The molecule has 0 radical (unpaired) electrons. The van der Waals surface area contributed by atoms with Crippen LogP contribution in [-0.4, -0.2) is 35.6 Å². The molecule has 1 aliphatic heterocycles. The van der Waals surface area contributed by atoms with Crippen molar-refractivity contribution in [3.05, 3.63) is 95.1 Å². The fraction of sp³-hybridized carbons (Fsp3) is 0.394. The molecule has 3 aromatic carbocycles. The molecule has 1 heterocycles. The maximum atomic E-state index is 14.0. The van der Waals surface area contributed by atoms with Gasteiger partial charge in [0.15, 0.2) is 11.5 Å². The van der Waals surface area contributed by atoms with Crippen LogP contribution in [0.4, 0.5) is 0 Å². The maximum Gasteiger partial charge on any atom is 0.243 e. The zero-order valence-corrected chi connectivity index (χ0v) is 22.7. The highest BCUT2D eigenvalue weighted by atomic mass is 16.7. The fourth-order valence-electron chi connectivity index (χ4n) is 5.60. The van der Waals surface area contributed by atoms with Gasteiger partial charge in [-0.25, -0.2) is 0 Å². The molecule has 1 atom stereocenters. The first-order chi connectivity index (χ1) is 19.0. The number of hydrogen-bond acceptors (Lipinski definition) is 4. The van der Waals surface area contributed by atoms with Crippen molar-refractivity contribution in [3.63, 3.8) is 0 Å². The molecule has 39 heavy (non-hydrogen) atoms. The molecular formula is C33H38N2O4.